The molecule has 0 radical (unpaired) electrons. The number of amides is 1. The van der Waals surface area contributed by atoms with E-state index in [9.17, 15) is 4.79 Å². The number of hydrogen-bond donors (Lipinski definition) is 0. The van der Waals surface area contributed by atoms with Gasteiger partial charge in [0.1, 0.15) is 18.9 Å². The van der Waals surface area contributed by atoms with Gasteiger partial charge in [-0.2, -0.15) is 5.10 Å². The second-order valence-corrected chi connectivity index (χ2v) is 8.03. The molecule has 0 bridgehead atoms. The normalized spacial score (nSPS) is 15.8. The van der Waals surface area contributed by atoms with E-state index in [1.54, 1.807) is 4.68 Å². The maximum Gasteiger partial charge on any atom is 0.272 e. The van der Waals surface area contributed by atoms with Gasteiger partial charge in [-0.25, -0.2) is 4.68 Å². The molecule has 0 atom stereocenters. The molecular weight excluding hydrogens is 392 g/mol. The zero-order chi connectivity index (χ0) is 21.4. The number of fused-ring (bicyclic) bond motifs is 1. The number of aromatic nitrogens is 2. The van der Waals surface area contributed by atoms with Crippen LogP contribution in [-0.2, 0) is 0 Å². The van der Waals surface area contributed by atoms with Crippen LogP contribution >= 0.6 is 0 Å². The first-order chi connectivity index (χ1) is 15.1. The quantitative estimate of drug-likeness (QED) is 0.654. The number of rotatable bonds is 3. The third-order valence-corrected chi connectivity index (χ3v) is 5.79. The van der Waals surface area contributed by atoms with Crippen molar-refractivity contribution in [3.05, 3.63) is 65.5 Å². The van der Waals surface area contributed by atoms with E-state index in [1.165, 1.54) is 5.56 Å². The number of carbonyl (C=O) groups excluding carboxylic acids is 1. The summed E-state index contributed by atoms with van der Waals surface area (Å²) in [5, 5.41) is 4.56. The summed E-state index contributed by atoms with van der Waals surface area (Å²) in [6.07, 6.45) is 0. The van der Waals surface area contributed by atoms with Crippen LogP contribution in [0.2, 0.25) is 0 Å². The number of nitrogens with zero attached hydrogens (tertiary/aromatic N) is 4. The van der Waals surface area contributed by atoms with E-state index in [1.807, 2.05) is 61.2 Å². The van der Waals surface area contributed by atoms with Crippen LogP contribution in [0.15, 0.2) is 48.5 Å². The van der Waals surface area contributed by atoms with Crippen molar-refractivity contribution in [1.29, 1.82) is 0 Å². The van der Waals surface area contributed by atoms with Crippen LogP contribution in [0.3, 0.4) is 0 Å². The molecule has 0 N–H and O–H groups in total. The number of aryl methyl sites for hydroxylation is 2. The smallest absolute Gasteiger partial charge is 0.272 e. The maximum absolute atomic E-state index is 13.3. The molecule has 7 nitrogen and oxygen atoms in total. The van der Waals surface area contributed by atoms with E-state index in [2.05, 4.69) is 16.1 Å². The van der Waals surface area contributed by atoms with Crippen molar-refractivity contribution >= 4 is 11.6 Å². The zero-order valence-corrected chi connectivity index (χ0v) is 17.9. The molecule has 0 unspecified atom stereocenters. The molecule has 1 fully saturated rings. The van der Waals surface area contributed by atoms with Crippen molar-refractivity contribution < 1.29 is 14.3 Å². The topological polar surface area (TPSA) is 59.8 Å². The molecule has 1 amide bonds. The Labute approximate surface area is 181 Å². The first-order valence-corrected chi connectivity index (χ1v) is 10.7. The van der Waals surface area contributed by atoms with Gasteiger partial charge in [-0.1, -0.05) is 17.7 Å². The van der Waals surface area contributed by atoms with Crippen LogP contribution in [-0.4, -0.2) is 60.0 Å². The molecule has 0 aliphatic carbocycles. The van der Waals surface area contributed by atoms with Gasteiger partial charge in [0, 0.05) is 37.9 Å². The standard InChI is InChI=1S/C24H26N4O3/c1-17-3-5-19(6-4-17)28-21(15-18(2)25-28)24(29)27-11-9-26(10-12-27)20-7-8-22-23(16-20)31-14-13-30-22/h3-8,15-16H,9-14H2,1-2H3. The van der Waals surface area contributed by atoms with E-state index in [0.29, 0.717) is 32.0 Å². The second kappa shape index (κ2) is 7.98. The molecule has 31 heavy (non-hydrogen) atoms. The molecule has 0 saturated carbocycles. The number of carbonyl (C=O) groups is 1. The van der Waals surface area contributed by atoms with Gasteiger partial charge in [0.05, 0.1) is 11.4 Å². The second-order valence-electron chi connectivity index (χ2n) is 8.03. The van der Waals surface area contributed by atoms with Gasteiger partial charge in [0.15, 0.2) is 11.5 Å². The van der Waals surface area contributed by atoms with Crippen LogP contribution in [0.25, 0.3) is 5.69 Å². The van der Waals surface area contributed by atoms with E-state index < -0.39 is 0 Å². The summed E-state index contributed by atoms with van der Waals surface area (Å²) in [6.45, 7) is 7.98. The summed E-state index contributed by atoms with van der Waals surface area (Å²) in [5.41, 5.74) is 4.61. The van der Waals surface area contributed by atoms with Gasteiger partial charge in [-0.05, 0) is 44.2 Å². The van der Waals surface area contributed by atoms with Crippen LogP contribution in [0.5, 0.6) is 11.5 Å². The summed E-state index contributed by atoms with van der Waals surface area (Å²) in [7, 11) is 0. The van der Waals surface area contributed by atoms with Gasteiger partial charge in [-0.15, -0.1) is 0 Å². The molecule has 0 spiro atoms. The van der Waals surface area contributed by atoms with Gasteiger partial charge < -0.3 is 19.3 Å². The van der Waals surface area contributed by atoms with Crippen molar-refractivity contribution in [2.24, 2.45) is 0 Å². The molecule has 2 aliphatic heterocycles. The monoisotopic (exact) mass is 418 g/mol. The highest BCUT2D eigenvalue weighted by molar-refractivity contribution is 5.93. The van der Waals surface area contributed by atoms with Gasteiger partial charge in [-0.3, -0.25) is 4.79 Å². The highest BCUT2D eigenvalue weighted by Gasteiger charge is 2.26. The van der Waals surface area contributed by atoms with Gasteiger partial charge in [0.25, 0.3) is 5.91 Å². The number of benzene rings is 2. The largest absolute Gasteiger partial charge is 0.486 e. The zero-order valence-electron chi connectivity index (χ0n) is 17.9. The number of hydrogen-bond acceptors (Lipinski definition) is 5. The average Bonchev–Trinajstić information content (AvgIpc) is 3.20. The number of anilines is 1. The van der Waals surface area contributed by atoms with Crippen molar-refractivity contribution in [2.75, 3.05) is 44.3 Å². The fourth-order valence-corrected chi connectivity index (χ4v) is 4.09. The Morgan fingerprint density at radius 2 is 1.52 bits per heavy atom. The summed E-state index contributed by atoms with van der Waals surface area (Å²) in [4.78, 5) is 17.5. The molecule has 2 aromatic carbocycles. The predicted molar refractivity (Wildman–Crippen MR) is 119 cm³/mol. The third kappa shape index (κ3) is 3.83. The van der Waals surface area contributed by atoms with E-state index in [-0.39, 0.29) is 5.91 Å². The SMILES string of the molecule is Cc1ccc(-n2nc(C)cc2C(=O)N2CCN(c3ccc4c(c3)OCCO4)CC2)cc1. The van der Waals surface area contributed by atoms with Crippen molar-refractivity contribution in [3.8, 4) is 17.2 Å². The lowest BCUT2D eigenvalue weighted by Crippen LogP contribution is -2.49. The van der Waals surface area contributed by atoms with E-state index in [4.69, 9.17) is 9.47 Å². The number of ether oxygens (including phenoxy) is 2. The van der Waals surface area contributed by atoms with Crippen molar-refractivity contribution in [3.63, 3.8) is 0 Å². The summed E-state index contributed by atoms with van der Waals surface area (Å²) < 4.78 is 13.1. The molecule has 1 aromatic heterocycles. The lowest BCUT2D eigenvalue weighted by atomic mass is 10.2. The van der Waals surface area contributed by atoms with Crippen LogP contribution in [0.4, 0.5) is 5.69 Å². The molecule has 160 valence electrons. The Balaban J connectivity index is 1.30. The van der Waals surface area contributed by atoms with E-state index in [0.717, 1.165) is 41.7 Å². The molecule has 1 saturated heterocycles. The first kappa shape index (κ1) is 19.5. The molecule has 5 rings (SSSR count). The Morgan fingerprint density at radius 3 is 2.26 bits per heavy atom. The summed E-state index contributed by atoms with van der Waals surface area (Å²) >= 11 is 0. The highest BCUT2D eigenvalue weighted by atomic mass is 16.6. The highest BCUT2D eigenvalue weighted by Crippen LogP contribution is 2.34. The predicted octanol–water partition coefficient (Wildman–Crippen LogP) is 3.22. The minimum Gasteiger partial charge on any atom is -0.486 e. The molecule has 3 aromatic rings. The average molecular weight is 418 g/mol. The van der Waals surface area contributed by atoms with Gasteiger partial charge in [0.2, 0.25) is 0 Å². The molecular formula is C24H26N4O3. The Morgan fingerprint density at radius 1 is 0.839 bits per heavy atom. The fourth-order valence-electron chi connectivity index (χ4n) is 4.09. The summed E-state index contributed by atoms with van der Waals surface area (Å²) in [5.74, 6) is 1.60. The Bertz CT molecular complexity index is 1100. The van der Waals surface area contributed by atoms with Crippen molar-refractivity contribution in [1.82, 2.24) is 14.7 Å². The lowest BCUT2D eigenvalue weighted by Gasteiger charge is -2.36. The van der Waals surface area contributed by atoms with Crippen molar-refractivity contribution in [2.45, 2.75) is 13.8 Å². The van der Waals surface area contributed by atoms with Gasteiger partial charge >= 0.3 is 0 Å². The van der Waals surface area contributed by atoms with Crippen LogP contribution in [0.1, 0.15) is 21.7 Å². The molecule has 3 heterocycles. The number of piperazine rings is 1. The maximum atomic E-state index is 13.3. The van der Waals surface area contributed by atoms with Crippen LogP contribution < -0.4 is 14.4 Å². The Hall–Kier alpha value is -3.48. The van der Waals surface area contributed by atoms with Crippen LogP contribution in [0, 0.1) is 13.8 Å². The first-order valence-electron chi connectivity index (χ1n) is 10.7. The lowest BCUT2D eigenvalue weighted by molar-refractivity contribution is 0.0737. The molecule has 7 heteroatoms. The minimum absolute atomic E-state index is 0.0167. The fraction of sp³-hybridized carbons (Fsp3) is 0.333. The summed E-state index contributed by atoms with van der Waals surface area (Å²) in [6, 6.07) is 16.0. The van der Waals surface area contributed by atoms with E-state index >= 15 is 0 Å². The molecule has 2 aliphatic rings. The Kier molecular flexibility index (Phi) is 5.02. The minimum atomic E-state index is 0.0167. The third-order valence-electron chi connectivity index (χ3n) is 5.79.